The third-order valence-electron chi connectivity index (χ3n) is 9.06. The summed E-state index contributed by atoms with van der Waals surface area (Å²) in [4.78, 5) is 27.7. The summed E-state index contributed by atoms with van der Waals surface area (Å²) in [5.41, 5.74) is 3.58. The maximum Gasteiger partial charge on any atom is 2.00 e. The second-order valence-corrected chi connectivity index (χ2v) is 13.7. The van der Waals surface area contributed by atoms with E-state index in [4.69, 9.17) is 9.47 Å². The Kier molecular flexibility index (Phi) is 18.7. The number of aromatic nitrogens is 2. The molecule has 1 saturated heterocycles. The molecule has 54 heavy (non-hydrogen) atoms. The van der Waals surface area contributed by atoms with E-state index in [-0.39, 0.29) is 78.5 Å². The number of carbonyl (C=O) groups is 2. The molecule has 1 fully saturated rings. The van der Waals surface area contributed by atoms with E-state index in [2.05, 4.69) is 44.2 Å². The number of carboxylic acids is 1. The van der Waals surface area contributed by atoms with E-state index in [1.54, 1.807) is 11.9 Å². The predicted octanol–water partition coefficient (Wildman–Crippen LogP) is 8.65. The van der Waals surface area contributed by atoms with Gasteiger partial charge >= 0.3 is 57.6 Å². The van der Waals surface area contributed by atoms with Gasteiger partial charge < -0.3 is 43.6 Å². The molecule has 15 heteroatoms. The van der Waals surface area contributed by atoms with Gasteiger partial charge in [-0.15, -0.1) is 0 Å². The van der Waals surface area contributed by atoms with Crippen LogP contribution in [-0.4, -0.2) is 105 Å². The molecule has 1 unspecified atom stereocenters. The number of anilines is 2. The summed E-state index contributed by atoms with van der Waals surface area (Å²) in [5, 5.41) is 11.8. The number of imidazole rings is 1. The van der Waals surface area contributed by atoms with Crippen molar-refractivity contribution in [2.45, 2.75) is 49.8 Å². The van der Waals surface area contributed by atoms with Gasteiger partial charge in [0.1, 0.15) is 11.6 Å². The van der Waals surface area contributed by atoms with Gasteiger partial charge in [-0.3, -0.25) is 9.59 Å². The second-order valence-electron chi connectivity index (χ2n) is 12.5. The van der Waals surface area contributed by atoms with Crippen LogP contribution in [0.5, 0.6) is 0 Å². The number of ether oxygens (including phenoxy) is 2. The average molecular weight is 846 g/mol. The number of amides is 1. The van der Waals surface area contributed by atoms with Crippen molar-refractivity contribution in [3.05, 3.63) is 104 Å². The van der Waals surface area contributed by atoms with Crippen molar-refractivity contribution in [1.82, 2.24) is 9.55 Å². The number of carbonyl (C=O) groups excluding carboxylic acids is 1. The van der Waals surface area contributed by atoms with E-state index in [0.717, 1.165) is 77.1 Å². The number of nitrogens with one attached hydrogen (secondary N) is 1. The smallest absolute Gasteiger partial charge is 0.481 e. The van der Waals surface area contributed by atoms with Crippen LogP contribution in [0.25, 0.3) is 16.6 Å². The standard InChI is InChI=1S/C29H35N3O4S.C8H5F4NO.2CH3.Sr/c1-19-30-27-17-24(9-11-28(27)31(19)2)37-32(3)22-6-4-21(5-7-22)26-16-23(8-10-25(26)29(33)34)36-18-20-12-14-35-15-13-20;9-6-3-5(8(10,11)12)1-2-7(6)13-4-14;;;/h4-7,9,11,16-17,20,23,25H,8,10,12-15,18H2,1-3H3,(H,33,34);1-4H,(H,13,14);2*1H3;/q;;2*-1;+2/t23-,25?;;;;/m1..../s1. The molecule has 1 aliphatic heterocycles. The zero-order valence-electron chi connectivity index (χ0n) is 31.2. The first kappa shape index (κ1) is 47.2. The Balaban J connectivity index is 0.000000506. The maximum absolute atomic E-state index is 12.8. The van der Waals surface area contributed by atoms with Crippen LogP contribution in [-0.2, 0) is 32.3 Å². The molecule has 9 nitrogen and oxygen atoms in total. The van der Waals surface area contributed by atoms with Crippen molar-refractivity contribution in [2.24, 2.45) is 18.9 Å². The van der Waals surface area contributed by atoms with Crippen LogP contribution < -0.4 is 9.62 Å². The first-order valence-corrected chi connectivity index (χ1v) is 17.3. The molecular weight excluding hydrogens is 800 g/mol. The molecule has 3 aromatic carbocycles. The minimum absolute atomic E-state index is 0. The van der Waals surface area contributed by atoms with Gasteiger partial charge in [0.15, 0.2) is 0 Å². The van der Waals surface area contributed by atoms with E-state index < -0.39 is 29.4 Å². The van der Waals surface area contributed by atoms with Crippen molar-refractivity contribution in [2.75, 3.05) is 36.5 Å². The fraction of sp³-hybridized carbons (Fsp3) is 0.359. The minimum atomic E-state index is -4.58. The van der Waals surface area contributed by atoms with Gasteiger partial charge in [0.25, 0.3) is 0 Å². The fourth-order valence-electron chi connectivity index (χ4n) is 6.05. The van der Waals surface area contributed by atoms with Crippen molar-refractivity contribution in [3.63, 3.8) is 0 Å². The first-order valence-electron chi connectivity index (χ1n) is 16.5. The zero-order chi connectivity index (χ0) is 36.7. The largest absolute Gasteiger partial charge is 2.00 e. The second kappa shape index (κ2) is 21.4. The number of aryl methyl sites for hydroxylation is 2. The predicted molar refractivity (Wildman–Crippen MR) is 207 cm³/mol. The summed E-state index contributed by atoms with van der Waals surface area (Å²) < 4.78 is 64.8. The number of benzene rings is 3. The Labute approximate surface area is 355 Å². The Morgan fingerprint density at radius 3 is 2.37 bits per heavy atom. The molecule has 2 N–H and O–H groups in total. The van der Waals surface area contributed by atoms with Crippen molar-refractivity contribution in [1.29, 1.82) is 0 Å². The van der Waals surface area contributed by atoms with Crippen LogP contribution >= 0.6 is 11.9 Å². The number of fused-ring (bicyclic) bond motifs is 1. The molecule has 2 atom stereocenters. The van der Waals surface area contributed by atoms with E-state index in [9.17, 15) is 32.3 Å². The summed E-state index contributed by atoms with van der Waals surface area (Å²) in [6.45, 7) is 4.33. The van der Waals surface area contributed by atoms with E-state index in [0.29, 0.717) is 31.1 Å². The molecular formula is C39H46F4N4O5SSr. The number of hydrogen-bond acceptors (Lipinski definition) is 7. The van der Waals surface area contributed by atoms with E-state index in [1.165, 1.54) is 0 Å². The van der Waals surface area contributed by atoms with Crippen molar-refractivity contribution < 1.29 is 41.7 Å². The van der Waals surface area contributed by atoms with E-state index in [1.807, 2.05) is 44.5 Å². The Morgan fingerprint density at radius 1 is 1.07 bits per heavy atom. The van der Waals surface area contributed by atoms with Crippen LogP contribution in [0.2, 0.25) is 0 Å². The summed E-state index contributed by atoms with van der Waals surface area (Å²) in [7, 11) is 4.07. The summed E-state index contributed by atoms with van der Waals surface area (Å²) in [6.07, 6.45) is 0.989. The molecule has 6 rings (SSSR count). The van der Waals surface area contributed by atoms with Gasteiger partial charge in [0.05, 0.1) is 40.9 Å². The monoisotopic (exact) mass is 846 g/mol. The fourth-order valence-corrected chi connectivity index (χ4v) is 6.88. The minimum Gasteiger partial charge on any atom is -0.481 e. The average Bonchev–Trinajstić information content (AvgIpc) is 3.40. The quantitative estimate of drug-likeness (QED) is 0.0538. The van der Waals surface area contributed by atoms with Crippen LogP contribution in [0.3, 0.4) is 0 Å². The van der Waals surface area contributed by atoms with Crippen LogP contribution in [0.1, 0.15) is 42.6 Å². The van der Waals surface area contributed by atoms with E-state index >= 15 is 0 Å². The number of hydrogen-bond donors (Lipinski definition) is 2. The van der Waals surface area contributed by atoms with Gasteiger partial charge in [-0.2, -0.15) is 13.2 Å². The molecule has 2 aliphatic rings. The number of rotatable bonds is 10. The number of carboxylic acid groups (broad SMARTS) is 1. The maximum atomic E-state index is 12.8. The molecule has 288 valence electrons. The summed E-state index contributed by atoms with van der Waals surface area (Å²) in [5.74, 6) is -0.876. The molecule has 2 heterocycles. The van der Waals surface area contributed by atoms with Gasteiger partial charge in [-0.25, -0.2) is 9.37 Å². The number of aliphatic carboxylic acids is 1. The van der Waals surface area contributed by atoms with Gasteiger partial charge in [0, 0.05) is 37.9 Å². The third kappa shape index (κ3) is 12.3. The third-order valence-corrected chi connectivity index (χ3v) is 10.0. The van der Waals surface area contributed by atoms with Crippen LogP contribution in [0.15, 0.2) is 71.6 Å². The molecule has 1 amide bonds. The number of nitrogens with zero attached hydrogens (tertiary/aromatic N) is 3. The van der Waals surface area contributed by atoms with Crippen molar-refractivity contribution in [3.8, 4) is 0 Å². The summed E-state index contributed by atoms with van der Waals surface area (Å²) >= 11 is 1.64. The molecule has 1 aromatic heterocycles. The normalized spacial score (nSPS) is 17.1. The van der Waals surface area contributed by atoms with Gasteiger partial charge in [-0.1, -0.05) is 18.2 Å². The Morgan fingerprint density at radius 2 is 1.76 bits per heavy atom. The topological polar surface area (TPSA) is 106 Å². The zero-order valence-corrected chi connectivity index (χ0v) is 35.5. The van der Waals surface area contributed by atoms with Crippen LogP contribution in [0, 0.1) is 39.4 Å². The van der Waals surface area contributed by atoms with Gasteiger partial charge in [0.2, 0.25) is 6.41 Å². The number of halogens is 4. The molecule has 0 spiro atoms. The SMILES string of the molecule is Cc1nc2cc(SN(C)c3ccc(C4=C[C@H](OCC5CCOCC5)CCC4C(=O)O)cc3)ccc2n1C.O=CNc1ccc(C(F)(F)F)cc1F.[CH3-].[CH3-].[Sr+2]. The number of alkyl halides is 3. The molecule has 1 aliphatic carbocycles. The Bertz CT molecular complexity index is 1870. The first-order chi connectivity index (χ1) is 24.3. The summed E-state index contributed by atoms with van der Waals surface area (Å²) in [6, 6.07) is 16.4. The van der Waals surface area contributed by atoms with Crippen molar-refractivity contribution >= 4 is 97.8 Å². The molecule has 0 saturated carbocycles. The Hall–Kier alpha value is -2.92. The van der Waals surface area contributed by atoms with Crippen LogP contribution in [0.4, 0.5) is 28.9 Å². The molecule has 4 aromatic rings. The van der Waals surface area contributed by atoms with Gasteiger partial charge in [-0.05, 0) is 110 Å². The molecule has 0 bridgehead atoms. The molecule has 0 radical (unpaired) electrons.